The van der Waals surface area contributed by atoms with Crippen LogP contribution in [0.3, 0.4) is 0 Å². The highest BCUT2D eigenvalue weighted by Gasteiger charge is 2.27. The zero-order chi connectivity index (χ0) is 15.4. The summed E-state index contributed by atoms with van der Waals surface area (Å²) in [7, 11) is 0. The maximum atomic E-state index is 12.4. The summed E-state index contributed by atoms with van der Waals surface area (Å²) in [6.45, 7) is 1.64. The number of hydrogen-bond acceptors (Lipinski definition) is 4. The molecule has 6 nitrogen and oxygen atoms in total. The average Bonchev–Trinajstić information content (AvgIpc) is 2.65. The fourth-order valence-corrected chi connectivity index (χ4v) is 2.84. The summed E-state index contributed by atoms with van der Waals surface area (Å²) in [4.78, 5) is 22.9. The molecule has 1 aromatic rings. The number of carbonyl (C=O) groups is 1. The van der Waals surface area contributed by atoms with E-state index in [0.717, 1.165) is 32.1 Å². The molecule has 0 saturated heterocycles. The standard InChI is InChI=1S/C15H21N3O3/c1-10-13(8-5-9-14(10)18(20)21)17-15(19)11-6-3-2-4-7-12(11)16/h5,8-9,11-12H,2-4,6-7,16H2,1H3,(H,17,19). The van der Waals surface area contributed by atoms with E-state index in [1.54, 1.807) is 19.1 Å². The molecule has 0 heterocycles. The number of hydrogen-bond donors (Lipinski definition) is 2. The van der Waals surface area contributed by atoms with Crippen molar-refractivity contribution in [1.82, 2.24) is 0 Å². The second-order valence-corrected chi connectivity index (χ2v) is 5.60. The first-order chi connectivity index (χ1) is 10.0. The highest BCUT2D eigenvalue weighted by molar-refractivity contribution is 5.94. The molecule has 0 radical (unpaired) electrons. The zero-order valence-corrected chi connectivity index (χ0v) is 12.2. The van der Waals surface area contributed by atoms with Crippen molar-refractivity contribution in [2.45, 2.75) is 45.1 Å². The van der Waals surface area contributed by atoms with Crippen molar-refractivity contribution in [1.29, 1.82) is 0 Å². The average molecular weight is 291 g/mol. The van der Waals surface area contributed by atoms with Crippen molar-refractivity contribution in [2.24, 2.45) is 11.7 Å². The van der Waals surface area contributed by atoms with Crippen LogP contribution in [0.25, 0.3) is 0 Å². The lowest BCUT2D eigenvalue weighted by Gasteiger charge is -2.21. The van der Waals surface area contributed by atoms with Gasteiger partial charge < -0.3 is 11.1 Å². The number of benzene rings is 1. The molecule has 1 aliphatic rings. The van der Waals surface area contributed by atoms with Gasteiger partial charge in [0.25, 0.3) is 5.69 Å². The van der Waals surface area contributed by atoms with Crippen molar-refractivity contribution in [3.05, 3.63) is 33.9 Å². The number of nitrogens with two attached hydrogens (primary N) is 1. The summed E-state index contributed by atoms with van der Waals surface area (Å²) >= 11 is 0. The van der Waals surface area contributed by atoms with Crippen LogP contribution < -0.4 is 11.1 Å². The SMILES string of the molecule is Cc1c(NC(=O)C2CCCCCC2N)cccc1[N+](=O)[O-]. The second kappa shape index (κ2) is 6.67. The number of amides is 1. The van der Waals surface area contributed by atoms with Gasteiger partial charge >= 0.3 is 0 Å². The van der Waals surface area contributed by atoms with Gasteiger partial charge in [0.1, 0.15) is 0 Å². The summed E-state index contributed by atoms with van der Waals surface area (Å²) in [5.41, 5.74) is 7.05. The Hall–Kier alpha value is -1.95. The van der Waals surface area contributed by atoms with Crippen molar-refractivity contribution in [3.63, 3.8) is 0 Å². The Labute approximate surface area is 123 Å². The van der Waals surface area contributed by atoms with Gasteiger partial charge in [-0.1, -0.05) is 25.3 Å². The molecule has 0 aliphatic heterocycles. The summed E-state index contributed by atoms with van der Waals surface area (Å²) in [6.07, 6.45) is 4.79. The quantitative estimate of drug-likeness (QED) is 0.508. The molecule has 1 aromatic carbocycles. The van der Waals surface area contributed by atoms with E-state index in [-0.39, 0.29) is 23.6 Å². The minimum Gasteiger partial charge on any atom is -0.327 e. The number of nitro benzene ring substituents is 1. The minimum absolute atomic E-state index is 0.0120. The van der Waals surface area contributed by atoms with Gasteiger partial charge in [-0.05, 0) is 25.8 Å². The third-order valence-electron chi connectivity index (χ3n) is 4.17. The smallest absolute Gasteiger partial charge is 0.274 e. The summed E-state index contributed by atoms with van der Waals surface area (Å²) < 4.78 is 0. The van der Waals surface area contributed by atoms with Crippen LogP contribution in [0.1, 0.15) is 37.7 Å². The molecule has 1 amide bonds. The molecular formula is C15H21N3O3. The summed E-state index contributed by atoms with van der Waals surface area (Å²) in [6, 6.07) is 4.56. The van der Waals surface area contributed by atoms with E-state index >= 15 is 0 Å². The molecule has 1 aliphatic carbocycles. The third-order valence-corrected chi connectivity index (χ3v) is 4.17. The lowest BCUT2D eigenvalue weighted by molar-refractivity contribution is -0.385. The van der Waals surface area contributed by atoms with Crippen molar-refractivity contribution < 1.29 is 9.72 Å². The molecule has 3 N–H and O–H groups in total. The Morgan fingerprint density at radius 3 is 2.76 bits per heavy atom. The first-order valence-electron chi connectivity index (χ1n) is 7.31. The minimum atomic E-state index is -0.442. The number of nitrogens with zero attached hydrogens (tertiary/aromatic N) is 1. The zero-order valence-electron chi connectivity index (χ0n) is 12.2. The second-order valence-electron chi connectivity index (χ2n) is 5.60. The molecule has 0 aromatic heterocycles. The van der Waals surface area contributed by atoms with E-state index in [4.69, 9.17) is 5.73 Å². The third kappa shape index (κ3) is 3.58. The Balaban J connectivity index is 2.15. The van der Waals surface area contributed by atoms with Gasteiger partial charge in [-0.25, -0.2) is 0 Å². The number of nitro groups is 1. The molecule has 2 rings (SSSR count). The Bertz CT molecular complexity index is 545. The molecule has 21 heavy (non-hydrogen) atoms. The van der Waals surface area contributed by atoms with Crippen LogP contribution in [0.5, 0.6) is 0 Å². The van der Waals surface area contributed by atoms with Crippen LogP contribution in [0.2, 0.25) is 0 Å². The van der Waals surface area contributed by atoms with Crippen LogP contribution in [-0.2, 0) is 4.79 Å². The monoisotopic (exact) mass is 291 g/mol. The maximum Gasteiger partial charge on any atom is 0.274 e. The van der Waals surface area contributed by atoms with Gasteiger partial charge in [0.05, 0.1) is 22.1 Å². The molecular weight excluding hydrogens is 270 g/mol. The van der Waals surface area contributed by atoms with E-state index in [9.17, 15) is 14.9 Å². The molecule has 1 saturated carbocycles. The highest BCUT2D eigenvalue weighted by atomic mass is 16.6. The van der Waals surface area contributed by atoms with Crippen molar-refractivity contribution in [3.8, 4) is 0 Å². The van der Waals surface area contributed by atoms with Crippen molar-refractivity contribution in [2.75, 3.05) is 5.32 Å². The van der Waals surface area contributed by atoms with Crippen LogP contribution in [0.15, 0.2) is 18.2 Å². The number of nitrogens with one attached hydrogen (secondary N) is 1. The van der Waals surface area contributed by atoms with Gasteiger partial charge in [0.2, 0.25) is 5.91 Å². The topological polar surface area (TPSA) is 98.3 Å². The van der Waals surface area contributed by atoms with E-state index in [0.29, 0.717) is 11.3 Å². The fourth-order valence-electron chi connectivity index (χ4n) is 2.84. The fraction of sp³-hybridized carbons (Fsp3) is 0.533. The molecule has 0 spiro atoms. The highest BCUT2D eigenvalue weighted by Crippen LogP contribution is 2.27. The molecule has 114 valence electrons. The first kappa shape index (κ1) is 15.4. The molecule has 6 heteroatoms. The molecule has 0 bridgehead atoms. The molecule has 1 fully saturated rings. The van der Waals surface area contributed by atoms with Crippen LogP contribution in [-0.4, -0.2) is 16.9 Å². The Morgan fingerprint density at radius 1 is 1.33 bits per heavy atom. The van der Waals surface area contributed by atoms with E-state index in [1.807, 2.05) is 0 Å². The summed E-state index contributed by atoms with van der Waals surface area (Å²) in [5.74, 6) is -0.348. The predicted molar refractivity (Wildman–Crippen MR) is 81.0 cm³/mol. The van der Waals surface area contributed by atoms with Gasteiger partial charge in [-0.15, -0.1) is 0 Å². The van der Waals surface area contributed by atoms with Gasteiger partial charge in [0, 0.05) is 12.1 Å². The number of rotatable bonds is 3. The lowest BCUT2D eigenvalue weighted by Crippen LogP contribution is -2.37. The van der Waals surface area contributed by atoms with E-state index < -0.39 is 4.92 Å². The van der Waals surface area contributed by atoms with Gasteiger partial charge in [0.15, 0.2) is 0 Å². The maximum absolute atomic E-state index is 12.4. The van der Waals surface area contributed by atoms with E-state index in [1.165, 1.54) is 6.07 Å². The largest absolute Gasteiger partial charge is 0.327 e. The molecule has 2 unspecified atom stereocenters. The van der Waals surface area contributed by atoms with Gasteiger partial charge in [-0.3, -0.25) is 14.9 Å². The number of anilines is 1. The first-order valence-corrected chi connectivity index (χ1v) is 7.31. The summed E-state index contributed by atoms with van der Waals surface area (Å²) in [5, 5.41) is 13.7. The lowest BCUT2D eigenvalue weighted by atomic mass is 9.94. The van der Waals surface area contributed by atoms with Gasteiger partial charge in [-0.2, -0.15) is 0 Å². The Kier molecular flexibility index (Phi) is 4.90. The molecule has 2 atom stereocenters. The normalized spacial score (nSPS) is 22.4. The van der Waals surface area contributed by atoms with Crippen LogP contribution in [0, 0.1) is 23.0 Å². The van der Waals surface area contributed by atoms with Crippen molar-refractivity contribution >= 4 is 17.3 Å². The van der Waals surface area contributed by atoms with Crippen LogP contribution >= 0.6 is 0 Å². The van der Waals surface area contributed by atoms with E-state index in [2.05, 4.69) is 5.32 Å². The predicted octanol–water partition coefficient (Wildman–Crippen LogP) is 2.75. The Morgan fingerprint density at radius 2 is 2.05 bits per heavy atom. The number of carbonyl (C=O) groups excluding carboxylic acids is 1. The van der Waals surface area contributed by atoms with Crippen LogP contribution in [0.4, 0.5) is 11.4 Å².